The lowest BCUT2D eigenvalue weighted by Crippen LogP contribution is -2.25. The highest BCUT2D eigenvalue weighted by Gasteiger charge is 2.13. The maximum Gasteiger partial charge on any atom is 0.274 e. The predicted molar refractivity (Wildman–Crippen MR) is 111 cm³/mol. The summed E-state index contributed by atoms with van der Waals surface area (Å²) in [6, 6.07) is 19.2. The first-order valence-corrected chi connectivity index (χ1v) is 9.15. The van der Waals surface area contributed by atoms with Crippen molar-refractivity contribution in [1.82, 2.24) is 10.3 Å². The summed E-state index contributed by atoms with van der Waals surface area (Å²) < 4.78 is 0. The highest BCUT2D eigenvalue weighted by atomic mass is 16.2. The topological polar surface area (TPSA) is 88.2 Å². The van der Waals surface area contributed by atoms with E-state index in [1.165, 1.54) is 13.0 Å². The van der Waals surface area contributed by atoms with E-state index in [-0.39, 0.29) is 23.1 Å². The number of aryl methyl sites for hydroxylation is 1. The van der Waals surface area contributed by atoms with Gasteiger partial charge in [-0.05, 0) is 43.7 Å². The zero-order valence-corrected chi connectivity index (χ0v) is 16.2. The van der Waals surface area contributed by atoms with E-state index in [1.54, 1.807) is 36.4 Å². The summed E-state index contributed by atoms with van der Waals surface area (Å²) in [7, 11) is 0. The van der Waals surface area contributed by atoms with Gasteiger partial charge in [-0.3, -0.25) is 14.4 Å². The summed E-state index contributed by atoms with van der Waals surface area (Å²) in [6.45, 7) is 3.82. The van der Waals surface area contributed by atoms with Gasteiger partial charge in [0.2, 0.25) is 0 Å². The largest absolute Gasteiger partial charge is 0.347 e. The molecular weight excluding hydrogens is 366 g/mol. The Morgan fingerprint density at radius 3 is 2.28 bits per heavy atom. The molecule has 0 aliphatic heterocycles. The summed E-state index contributed by atoms with van der Waals surface area (Å²) >= 11 is 0. The van der Waals surface area contributed by atoms with E-state index in [4.69, 9.17) is 0 Å². The van der Waals surface area contributed by atoms with Crippen LogP contribution in [0.4, 0.5) is 5.69 Å². The monoisotopic (exact) mass is 387 g/mol. The quantitative estimate of drug-likeness (QED) is 0.630. The van der Waals surface area contributed by atoms with Crippen LogP contribution in [-0.2, 0) is 6.54 Å². The molecule has 0 bridgehead atoms. The Kier molecular flexibility index (Phi) is 6.14. The normalized spacial score (nSPS) is 10.3. The SMILES string of the molecule is CC(=O)c1cccc(NC(=O)c2cccc(C(=O)NCc3cccc(C)c3)n2)c1. The number of amides is 2. The van der Waals surface area contributed by atoms with Crippen LogP contribution < -0.4 is 10.6 Å². The van der Waals surface area contributed by atoms with Crippen molar-refractivity contribution in [3.05, 3.63) is 94.8 Å². The minimum atomic E-state index is -0.459. The molecule has 2 aromatic carbocycles. The van der Waals surface area contributed by atoms with E-state index < -0.39 is 5.91 Å². The van der Waals surface area contributed by atoms with E-state index in [2.05, 4.69) is 15.6 Å². The molecule has 3 rings (SSSR count). The van der Waals surface area contributed by atoms with Crippen molar-refractivity contribution in [2.75, 3.05) is 5.32 Å². The smallest absolute Gasteiger partial charge is 0.274 e. The molecule has 0 saturated carbocycles. The fourth-order valence-electron chi connectivity index (χ4n) is 2.79. The number of Topliss-reactive ketones (excluding diaryl/α,β-unsaturated/α-hetero) is 1. The van der Waals surface area contributed by atoms with Crippen molar-refractivity contribution in [2.24, 2.45) is 0 Å². The third kappa shape index (κ3) is 5.35. The number of anilines is 1. The van der Waals surface area contributed by atoms with Crippen LogP contribution in [0.1, 0.15) is 49.4 Å². The number of rotatable bonds is 6. The first-order chi connectivity index (χ1) is 13.9. The Labute approximate surface area is 169 Å². The third-order valence-corrected chi connectivity index (χ3v) is 4.28. The Bertz CT molecular complexity index is 1080. The van der Waals surface area contributed by atoms with Gasteiger partial charge < -0.3 is 10.6 Å². The molecule has 0 radical (unpaired) electrons. The van der Waals surface area contributed by atoms with Crippen LogP contribution in [0, 0.1) is 6.92 Å². The second kappa shape index (κ2) is 8.93. The lowest BCUT2D eigenvalue weighted by molar-refractivity contribution is 0.0944. The first kappa shape index (κ1) is 19.9. The third-order valence-electron chi connectivity index (χ3n) is 4.28. The van der Waals surface area contributed by atoms with Gasteiger partial charge in [0, 0.05) is 17.8 Å². The van der Waals surface area contributed by atoms with Gasteiger partial charge in [0.15, 0.2) is 5.78 Å². The molecule has 0 atom stereocenters. The number of aromatic nitrogens is 1. The zero-order valence-electron chi connectivity index (χ0n) is 16.2. The number of nitrogens with one attached hydrogen (secondary N) is 2. The number of carbonyl (C=O) groups is 3. The van der Waals surface area contributed by atoms with Crippen molar-refractivity contribution in [3.8, 4) is 0 Å². The van der Waals surface area contributed by atoms with Crippen LogP contribution in [-0.4, -0.2) is 22.6 Å². The number of carbonyl (C=O) groups excluding carboxylic acids is 3. The summed E-state index contributed by atoms with van der Waals surface area (Å²) in [6.07, 6.45) is 0. The molecule has 0 saturated heterocycles. The summed E-state index contributed by atoms with van der Waals surface area (Å²) in [5.41, 5.74) is 3.35. The molecule has 6 heteroatoms. The maximum atomic E-state index is 12.5. The zero-order chi connectivity index (χ0) is 20.8. The standard InChI is InChI=1S/C23H21N3O3/c1-15-6-3-7-17(12-15)14-24-22(28)20-10-5-11-21(26-20)23(29)25-19-9-4-8-18(13-19)16(2)27/h3-13H,14H2,1-2H3,(H,24,28)(H,25,29). The average Bonchev–Trinajstić information content (AvgIpc) is 2.72. The highest BCUT2D eigenvalue weighted by molar-refractivity contribution is 6.04. The molecule has 1 heterocycles. The summed E-state index contributed by atoms with van der Waals surface area (Å²) in [5.74, 6) is -0.912. The Hall–Kier alpha value is -3.80. The highest BCUT2D eigenvalue weighted by Crippen LogP contribution is 2.13. The molecule has 3 aromatic rings. The Morgan fingerprint density at radius 1 is 0.862 bits per heavy atom. The van der Waals surface area contributed by atoms with E-state index >= 15 is 0 Å². The van der Waals surface area contributed by atoms with Gasteiger partial charge >= 0.3 is 0 Å². The molecule has 2 amide bonds. The Balaban J connectivity index is 1.68. The van der Waals surface area contributed by atoms with E-state index in [1.807, 2.05) is 31.2 Å². The van der Waals surface area contributed by atoms with Gasteiger partial charge in [-0.2, -0.15) is 0 Å². The van der Waals surface area contributed by atoms with Crippen LogP contribution in [0.5, 0.6) is 0 Å². The number of benzene rings is 2. The molecule has 0 aliphatic rings. The van der Waals surface area contributed by atoms with Gasteiger partial charge in [-0.1, -0.05) is 48.0 Å². The van der Waals surface area contributed by atoms with Crippen molar-refractivity contribution in [3.63, 3.8) is 0 Å². The molecule has 0 unspecified atom stereocenters. The summed E-state index contributed by atoms with van der Waals surface area (Å²) in [5, 5.41) is 5.51. The fourth-order valence-corrected chi connectivity index (χ4v) is 2.79. The van der Waals surface area contributed by atoms with Gasteiger partial charge in [-0.15, -0.1) is 0 Å². The molecular formula is C23H21N3O3. The van der Waals surface area contributed by atoms with Crippen LogP contribution in [0.25, 0.3) is 0 Å². The number of ketones is 1. The lowest BCUT2D eigenvalue weighted by Gasteiger charge is -2.08. The molecule has 0 spiro atoms. The number of hydrogen-bond acceptors (Lipinski definition) is 4. The number of pyridine rings is 1. The maximum absolute atomic E-state index is 12.5. The second-order valence-corrected chi connectivity index (χ2v) is 6.67. The average molecular weight is 387 g/mol. The lowest BCUT2D eigenvalue weighted by atomic mass is 10.1. The van der Waals surface area contributed by atoms with Crippen molar-refractivity contribution in [1.29, 1.82) is 0 Å². The van der Waals surface area contributed by atoms with Gasteiger partial charge in [-0.25, -0.2) is 4.98 Å². The minimum absolute atomic E-state index is 0.0912. The fraction of sp³-hybridized carbons (Fsp3) is 0.130. The molecule has 0 fully saturated rings. The number of hydrogen-bond donors (Lipinski definition) is 2. The van der Waals surface area contributed by atoms with Crippen molar-refractivity contribution in [2.45, 2.75) is 20.4 Å². The van der Waals surface area contributed by atoms with E-state index in [0.717, 1.165) is 11.1 Å². The van der Waals surface area contributed by atoms with Crippen LogP contribution in [0.2, 0.25) is 0 Å². The molecule has 146 valence electrons. The Morgan fingerprint density at radius 2 is 1.55 bits per heavy atom. The van der Waals surface area contributed by atoms with Gasteiger partial charge in [0.25, 0.3) is 11.8 Å². The molecule has 0 aliphatic carbocycles. The number of nitrogens with zero attached hydrogens (tertiary/aromatic N) is 1. The molecule has 2 N–H and O–H groups in total. The van der Waals surface area contributed by atoms with Crippen LogP contribution in [0.3, 0.4) is 0 Å². The van der Waals surface area contributed by atoms with E-state index in [9.17, 15) is 14.4 Å². The van der Waals surface area contributed by atoms with Crippen LogP contribution >= 0.6 is 0 Å². The molecule has 6 nitrogen and oxygen atoms in total. The predicted octanol–water partition coefficient (Wildman–Crippen LogP) is 3.77. The summed E-state index contributed by atoms with van der Waals surface area (Å²) in [4.78, 5) is 40.6. The second-order valence-electron chi connectivity index (χ2n) is 6.67. The van der Waals surface area contributed by atoms with Crippen LogP contribution in [0.15, 0.2) is 66.7 Å². The van der Waals surface area contributed by atoms with Crippen molar-refractivity contribution >= 4 is 23.3 Å². The van der Waals surface area contributed by atoms with Crippen molar-refractivity contribution < 1.29 is 14.4 Å². The van der Waals surface area contributed by atoms with Gasteiger partial charge in [0.1, 0.15) is 11.4 Å². The molecule has 29 heavy (non-hydrogen) atoms. The van der Waals surface area contributed by atoms with E-state index in [0.29, 0.717) is 17.8 Å². The van der Waals surface area contributed by atoms with Gasteiger partial charge in [0.05, 0.1) is 0 Å². The minimum Gasteiger partial charge on any atom is -0.347 e. The molecule has 1 aromatic heterocycles. The first-order valence-electron chi connectivity index (χ1n) is 9.15.